The van der Waals surface area contributed by atoms with Gasteiger partial charge in [0.25, 0.3) is 0 Å². The van der Waals surface area contributed by atoms with Crippen LogP contribution >= 0.6 is 0 Å². The van der Waals surface area contributed by atoms with Gasteiger partial charge < -0.3 is 11.1 Å². The molecule has 0 atom stereocenters. The van der Waals surface area contributed by atoms with Gasteiger partial charge in [0.05, 0.1) is 0 Å². The SMILES string of the molecule is CC1(NCC2(N)CCCCC2)CCCCC1. The van der Waals surface area contributed by atoms with Crippen LogP contribution in [0, 0.1) is 0 Å². The highest BCUT2D eigenvalue weighted by atomic mass is 15.0. The Labute approximate surface area is 100 Å². The molecule has 0 radical (unpaired) electrons. The number of rotatable bonds is 3. The van der Waals surface area contributed by atoms with Crippen molar-refractivity contribution in [2.75, 3.05) is 6.54 Å². The van der Waals surface area contributed by atoms with E-state index in [0.29, 0.717) is 5.54 Å². The molecule has 0 heterocycles. The lowest BCUT2D eigenvalue weighted by Gasteiger charge is -2.40. The van der Waals surface area contributed by atoms with Gasteiger partial charge in [0, 0.05) is 17.6 Å². The van der Waals surface area contributed by atoms with Gasteiger partial charge in [-0.25, -0.2) is 0 Å². The highest BCUT2D eigenvalue weighted by molar-refractivity contribution is 4.94. The Morgan fingerprint density at radius 3 is 1.94 bits per heavy atom. The van der Waals surface area contributed by atoms with E-state index in [0.717, 1.165) is 6.54 Å². The number of nitrogens with one attached hydrogen (secondary N) is 1. The summed E-state index contributed by atoms with van der Waals surface area (Å²) >= 11 is 0. The molecule has 0 saturated heterocycles. The molecule has 2 saturated carbocycles. The Kier molecular flexibility index (Phi) is 3.91. The molecule has 3 N–H and O–H groups in total. The zero-order chi connectivity index (χ0) is 11.5. The normalized spacial score (nSPS) is 28.9. The molecular weight excluding hydrogens is 196 g/mol. The molecule has 0 aromatic rings. The molecule has 0 aromatic carbocycles. The van der Waals surface area contributed by atoms with Crippen molar-refractivity contribution >= 4 is 0 Å². The molecular formula is C14H28N2. The minimum atomic E-state index is 0.0959. The lowest BCUT2D eigenvalue weighted by atomic mass is 9.79. The predicted octanol–water partition coefficient (Wildman–Crippen LogP) is 2.96. The zero-order valence-corrected chi connectivity index (χ0v) is 10.9. The van der Waals surface area contributed by atoms with Crippen LogP contribution in [0.4, 0.5) is 0 Å². The molecule has 0 spiro atoms. The third-order valence-corrected chi connectivity index (χ3v) is 4.67. The van der Waals surface area contributed by atoms with Gasteiger partial charge in [-0.05, 0) is 32.6 Å². The molecule has 2 aliphatic carbocycles. The van der Waals surface area contributed by atoms with Crippen LogP contribution in [-0.4, -0.2) is 17.6 Å². The minimum absolute atomic E-state index is 0.0959. The van der Waals surface area contributed by atoms with Crippen molar-refractivity contribution in [3.05, 3.63) is 0 Å². The standard InChI is InChI=1S/C14H28N2/c1-13(8-4-2-5-9-13)16-12-14(15)10-6-3-7-11-14/h16H,2-12,15H2,1H3. The minimum Gasteiger partial charge on any atom is -0.324 e. The highest BCUT2D eigenvalue weighted by Crippen LogP contribution is 2.30. The molecule has 2 aliphatic rings. The summed E-state index contributed by atoms with van der Waals surface area (Å²) in [6.07, 6.45) is 13.4. The first-order chi connectivity index (χ1) is 7.62. The second-order valence-electron chi connectivity index (χ2n) is 6.40. The molecule has 2 rings (SSSR count). The van der Waals surface area contributed by atoms with Gasteiger partial charge >= 0.3 is 0 Å². The Balaban J connectivity index is 1.80. The maximum absolute atomic E-state index is 6.47. The van der Waals surface area contributed by atoms with Crippen molar-refractivity contribution in [1.82, 2.24) is 5.32 Å². The smallest absolute Gasteiger partial charge is 0.0281 e. The molecule has 0 unspecified atom stereocenters. The fourth-order valence-electron chi connectivity index (χ4n) is 3.33. The molecule has 0 aliphatic heterocycles. The summed E-state index contributed by atoms with van der Waals surface area (Å²) in [6.45, 7) is 3.42. The molecule has 0 aromatic heterocycles. The van der Waals surface area contributed by atoms with Crippen LogP contribution in [0.1, 0.15) is 71.1 Å². The van der Waals surface area contributed by atoms with E-state index >= 15 is 0 Å². The third kappa shape index (κ3) is 3.21. The van der Waals surface area contributed by atoms with Crippen molar-refractivity contribution in [3.63, 3.8) is 0 Å². The van der Waals surface area contributed by atoms with Gasteiger partial charge in [0.1, 0.15) is 0 Å². The van der Waals surface area contributed by atoms with Crippen LogP contribution in [0.15, 0.2) is 0 Å². The second-order valence-corrected chi connectivity index (χ2v) is 6.40. The van der Waals surface area contributed by atoms with Crippen molar-refractivity contribution in [2.24, 2.45) is 5.73 Å². The van der Waals surface area contributed by atoms with Crippen molar-refractivity contribution < 1.29 is 0 Å². The Hall–Kier alpha value is -0.0800. The van der Waals surface area contributed by atoms with Crippen molar-refractivity contribution in [2.45, 2.75) is 82.2 Å². The van der Waals surface area contributed by atoms with E-state index in [-0.39, 0.29) is 5.54 Å². The van der Waals surface area contributed by atoms with Crippen LogP contribution in [-0.2, 0) is 0 Å². The van der Waals surface area contributed by atoms with Crippen LogP contribution in [0.3, 0.4) is 0 Å². The predicted molar refractivity (Wildman–Crippen MR) is 69.5 cm³/mol. The number of hydrogen-bond acceptors (Lipinski definition) is 2. The molecule has 94 valence electrons. The van der Waals surface area contributed by atoms with Gasteiger partial charge in [-0.2, -0.15) is 0 Å². The number of nitrogens with two attached hydrogens (primary N) is 1. The lowest BCUT2D eigenvalue weighted by molar-refractivity contribution is 0.206. The first-order valence-corrected chi connectivity index (χ1v) is 7.16. The Morgan fingerprint density at radius 1 is 0.875 bits per heavy atom. The summed E-state index contributed by atoms with van der Waals surface area (Å²) in [4.78, 5) is 0. The van der Waals surface area contributed by atoms with E-state index in [1.807, 2.05) is 0 Å². The highest BCUT2D eigenvalue weighted by Gasteiger charge is 2.32. The fraction of sp³-hybridized carbons (Fsp3) is 1.00. The van der Waals surface area contributed by atoms with Gasteiger partial charge in [-0.15, -0.1) is 0 Å². The quantitative estimate of drug-likeness (QED) is 0.773. The summed E-state index contributed by atoms with van der Waals surface area (Å²) in [7, 11) is 0. The first kappa shape index (κ1) is 12.4. The summed E-state index contributed by atoms with van der Waals surface area (Å²) in [6, 6.07) is 0. The van der Waals surface area contributed by atoms with E-state index in [1.54, 1.807) is 0 Å². The first-order valence-electron chi connectivity index (χ1n) is 7.16. The van der Waals surface area contributed by atoms with Crippen LogP contribution in [0.25, 0.3) is 0 Å². The summed E-state index contributed by atoms with van der Waals surface area (Å²) in [5.41, 5.74) is 6.95. The topological polar surface area (TPSA) is 38.0 Å². The fourth-order valence-corrected chi connectivity index (χ4v) is 3.33. The van der Waals surface area contributed by atoms with Gasteiger partial charge in [-0.3, -0.25) is 0 Å². The molecule has 2 heteroatoms. The second kappa shape index (κ2) is 5.05. The summed E-state index contributed by atoms with van der Waals surface area (Å²) in [5.74, 6) is 0. The molecule has 2 nitrogen and oxygen atoms in total. The Bertz CT molecular complexity index is 189. The largest absolute Gasteiger partial charge is 0.324 e. The van der Waals surface area contributed by atoms with Gasteiger partial charge in [-0.1, -0.05) is 38.5 Å². The lowest BCUT2D eigenvalue weighted by Crippen LogP contribution is -2.56. The van der Waals surface area contributed by atoms with E-state index in [4.69, 9.17) is 5.73 Å². The molecule has 16 heavy (non-hydrogen) atoms. The summed E-state index contributed by atoms with van der Waals surface area (Å²) in [5, 5.41) is 3.78. The van der Waals surface area contributed by atoms with Crippen molar-refractivity contribution in [1.29, 1.82) is 0 Å². The maximum atomic E-state index is 6.47. The zero-order valence-electron chi connectivity index (χ0n) is 10.9. The average Bonchev–Trinajstić information content (AvgIpc) is 2.29. The van der Waals surface area contributed by atoms with Crippen LogP contribution in [0.2, 0.25) is 0 Å². The third-order valence-electron chi connectivity index (χ3n) is 4.67. The summed E-state index contributed by atoms with van der Waals surface area (Å²) < 4.78 is 0. The maximum Gasteiger partial charge on any atom is 0.0281 e. The van der Waals surface area contributed by atoms with E-state index in [9.17, 15) is 0 Å². The molecule has 0 amide bonds. The monoisotopic (exact) mass is 224 g/mol. The molecule has 0 bridgehead atoms. The van der Waals surface area contributed by atoms with E-state index in [2.05, 4.69) is 12.2 Å². The van der Waals surface area contributed by atoms with Gasteiger partial charge in [0.2, 0.25) is 0 Å². The Morgan fingerprint density at radius 2 is 1.38 bits per heavy atom. The molecule has 2 fully saturated rings. The average molecular weight is 224 g/mol. The van der Waals surface area contributed by atoms with Crippen molar-refractivity contribution in [3.8, 4) is 0 Å². The van der Waals surface area contributed by atoms with Crippen LogP contribution < -0.4 is 11.1 Å². The van der Waals surface area contributed by atoms with Gasteiger partial charge in [0.15, 0.2) is 0 Å². The van der Waals surface area contributed by atoms with Crippen LogP contribution in [0.5, 0.6) is 0 Å². The van der Waals surface area contributed by atoms with E-state index in [1.165, 1.54) is 64.2 Å². The van der Waals surface area contributed by atoms with E-state index < -0.39 is 0 Å². The number of hydrogen-bond donors (Lipinski definition) is 2.